The Morgan fingerprint density at radius 2 is 2.29 bits per heavy atom. The molecule has 6 heteroatoms. The quantitative estimate of drug-likeness (QED) is 0.853. The highest BCUT2D eigenvalue weighted by atomic mass is 32.1. The van der Waals surface area contributed by atoms with E-state index in [4.69, 9.17) is 21.4 Å². The van der Waals surface area contributed by atoms with Gasteiger partial charge in [-0.2, -0.15) is 0 Å². The van der Waals surface area contributed by atoms with E-state index in [9.17, 15) is 4.79 Å². The zero-order valence-corrected chi connectivity index (χ0v) is 14.8. The number of oxazole rings is 1. The number of carbonyl (C=O) groups excluding carboxylic acids is 1. The number of aromatic nitrogens is 1. The topological polar surface area (TPSA) is 58.5 Å². The summed E-state index contributed by atoms with van der Waals surface area (Å²) < 4.78 is 11.3. The number of benzene rings is 1. The molecule has 0 saturated heterocycles. The van der Waals surface area contributed by atoms with Crippen LogP contribution in [0.3, 0.4) is 0 Å². The summed E-state index contributed by atoms with van der Waals surface area (Å²) in [6.07, 6.45) is 4.79. The van der Waals surface area contributed by atoms with E-state index in [2.05, 4.69) is 4.98 Å². The van der Waals surface area contributed by atoms with Gasteiger partial charge in [0, 0.05) is 30.7 Å². The molecule has 0 aliphatic heterocycles. The number of fused-ring (bicyclic) bond motifs is 1. The Balaban J connectivity index is 1.56. The van der Waals surface area contributed by atoms with Crippen LogP contribution < -0.4 is 0 Å². The van der Waals surface area contributed by atoms with Crippen LogP contribution in [0.1, 0.15) is 43.0 Å². The Morgan fingerprint density at radius 3 is 2.96 bits per heavy atom. The molecule has 0 unspecified atom stereocenters. The molecule has 2 atom stereocenters. The number of rotatable bonds is 4. The minimum atomic E-state index is 0.0328. The van der Waals surface area contributed by atoms with Crippen molar-refractivity contribution in [2.24, 2.45) is 5.41 Å². The molecule has 0 bridgehead atoms. The largest absolute Gasteiger partial charge is 0.429 e. The first-order valence-corrected chi connectivity index (χ1v) is 8.97. The fourth-order valence-corrected chi connectivity index (χ4v) is 4.57. The number of carbonyl (C=O) groups is 1. The zero-order chi connectivity index (χ0) is 16.9. The number of nitrogens with one attached hydrogen (secondary N) is 1. The van der Waals surface area contributed by atoms with E-state index in [1.165, 1.54) is 6.42 Å². The van der Waals surface area contributed by atoms with Crippen LogP contribution in [0.4, 0.5) is 0 Å². The third kappa shape index (κ3) is 2.24. The lowest BCUT2D eigenvalue weighted by molar-refractivity contribution is -0.192. The molecule has 1 amide bonds. The van der Waals surface area contributed by atoms with Crippen LogP contribution in [0, 0.1) is 10.3 Å². The van der Waals surface area contributed by atoms with Crippen molar-refractivity contribution in [2.75, 3.05) is 13.7 Å². The number of hydrogen-bond acceptors (Lipinski definition) is 4. The van der Waals surface area contributed by atoms with Crippen LogP contribution in [0.2, 0.25) is 0 Å². The first-order chi connectivity index (χ1) is 11.5. The summed E-state index contributed by atoms with van der Waals surface area (Å²) in [6.45, 7) is 2.78. The molecule has 2 aliphatic carbocycles. The van der Waals surface area contributed by atoms with Crippen molar-refractivity contribution < 1.29 is 13.9 Å². The normalized spacial score (nSPS) is 24.6. The van der Waals surface area contributed by atoms with Gasteiger partial charge in [0.2, 0.25) is 0 Å². The van der Waals surface area contributed by atoms with Crippen molar-refractivity contribution in [2.45, 2.75) is 44.8 Å². The van der Waals surface area contributed by atoms with Crippen LogP contribution in [0.15, 0.2) is 22.6 Å². The van der Waals surface area contributed by atoms with Gasteiger partial charge in [-0.3, -0.25) is 4.79 Å². The lowest BCUT2D eigenvalue weighted by Gasteiger charge is -2.63. The minimum Gasteiger partial charge on any atom is -0.429 e. The Morgan fingerprint density at radius 1 is 1.50 bits per heavy atom. The zero-order valence-electron chi connectivity index (χ0n) is 14.0. The minimum absolute atomic E-state index is 0.0328. The highest BCUT2D eigenvalue weighted by Gasteiger charge is 2.60. The fourth-order valence-electron chi connectivity index (χ4n) is 4.37. The van der Waals surface area contributed by atoms with Gasteiger partial charge in [-0.05, 0) is 56.6 Å². The summed E-state index contributed by atoms with van der Waals surface area (Å²) in [5.74, 6) is 0.0328. The van der Waals surface area contributed by atoms with E-state index in [0.29, 0.717) is 22.1 Å². The summed E-state index contributed by atoms with van der Waals surface area (Å²) in [5, 5.41) is 0. The van der Waals surface area contributed by atoms with Gasteiger partial charge in [-0.1, -0.05) is 6.42 Å². The van der Waals surface area contributed by atoms with E-state index in [1.807, 2.05) is 31.0 Å². The van der Waals surface area contributed by atoms with Crippen LogP contribution >= 0.6 is 12.2 Å². The van der Waals surface area contributed by atoms with Crippen molar-refractivity contribution in [1.29, 1.82) is 0 Å². The van der Waals surface area contributed by atoms with Gasteiger partial charge in [-0.15, -0.1) is 0 Å². The monoisotopic (exact) mass is 346 g/mol. The number of ether oxygens (including phenoxy) is 1. The smallest absolute Gasteiger partial charge is 0.266 e. The average Bonchev–Trinajstić information content (AvgIpc) is 2.87. The van der Waals surface area contributed by atoms with Crippen LogP contribution in [-0.4, -0.2) is 41.6 Å². The summed E-state index contributed by atoms with van der Waals surface area (Å²) in [4.78, 5) is 18.1. The highest BCUT2D eigenvalue weighted by Crippen LogP contribution is 2.59. The van der Waals surface area contributed by atoms with Crippen LogP contribution in [-0.2, 0) is 4.74 Å². The highest BCUT2D eigenvalue weighted by molar-refractivity contribution is 7.71. The number of aromatic amines is 1. The van der Waals surface area contributed by atoms with Crippen LogP contribution in [0.25, 0.3) is 11.1 Å². The molecule has 5 nitrogen and oxygen atoms in total. The standard InChI is InChI=1S/C18H22N2O3S/c1-3-22-15-10-14(18(15)7-4-8-18)20(2)16(21)11-5-6-12-13(9-11)23-17(24)19-12/h5-6,9,14-15H,3-4,7-8,10H2,1-2H3,(H,19,24)/t14-,15-/m1/s1. The van der Waals surface area contributed by atoms with Crippen molar-refractivity contribution in [3.8, 4) is 0 Å². The molecule has 1 aromatic carbocycles. The Labute approximate surface area is 146 Å². The first-order valence-electron chi connectivity index (χ1n) is 8.57. The molecule has 0 radical (unpaired) electrons. The maximum absolute atomic E-state index is 12.9. The summed E-state index contributed by atoms with van der Waals surface area (Å²) in [5.41, 5.74) is 2.25. The maximum atomic E-state index is 12.9. The van der Waals surface area contributed by atoms with Gasteiger partial charge in [-0.25, -0.2) is 0 Å². The number of nitrogens with zero attached hydrogens (tertiary/aromatic N) is 1. The molecule has 1 N–H and O–H groups in total. The van der Waals surface area contributed by atoms with Gasteiger partial charge in [0.15, 0.2) is 5.58 Å². The number of H-pyrrole nitrogens is 1. The molecule has 2 fully saturated rings. The molecule has 1 heterocycles. The van der Waals surface area contributed by atoms with E-state index < -0.39 is 0 Å². The second kappa shape index (κ2) is 5.70. The van der Waals surface area contributed by atoms with Gasteiger partial charge in [0.25, 0.3) is 10.7 Å². The average molecular weight is 346 g/mol. The lowest BCUT2D eigenvalue weighted by Crippen LogP contribution is -2.67. The molecule has 2 saturated carbocycles. The maximum Gasteiger partial charge on any atom is 0.266 e. The summed E-state index contributed by atoms with van der Waals surface area (Å²) in [6, 6.07) is 5.71. The Hall–Kier alpha value is -1.66. The van der Waals surface area contributed by atoms with E-state index >= 15 is 0 Å². The Kier molecular flexibility index (Phi) is 3.77. The molecule has 128 valence electrons. The Bertz CT molecular complexity index is 836. The van der Waals surface area contributed by atoms with Gasteiger partial charge in [0.05, 0.1) is 11.6 Å². The van der Waals surface area contributed by atoms with E-state index in [-0.39, 0.29) is 17.4 Å². The van der Waals surface area contributed by atoms with Crippen molar-refractivity contribution in [1.82, 2.24) is 9.88 Å². The third-order valence-electron chi connectivity index (χ3n) is 5.85. The van der Waals surface area contributed by atoms with Gasteiger partial charge < -0.3 is 19.0 Å². The third-order valence-corrected chi connectivity index (χ3v) is 6.04. The molecular formula is C18H22N2O3S. The SMILES string of the molecule is CCO[C@@H]1C[C@@H](N(C)C(=O)c2ccc3[nH]c(=S)oc3c2)C12CCC2. The van der Waals surface area contributed by atoms with E-state index in [1.54, 1.807) is 6.07 Å². The van der Waals surface area contributed by atoms with Gasteiger partial charge in [0.1, 0.15) is 0 Å². The number of hydrogen-bond donors (Lipinski definition) is 1. The second-order valence-electron chi connectivity index (χ2n) is 6.92. The first kappa shape index (κ1) is 15.8. The molecule has 2 aliphatic rings. The fraction of sp³-hybridized carbons (Fsp3) is 0.556. The summed E-state index contributed by atoms with van der Waals surface area (Å²) in [7, 11) is 1.91. The molecule has 2 aromatic rings. The molecule has 24 heavy (non-hydrogen) atoms. The van der Waals surface area contributed by atoms with Crippen LogP contribution in [0.5, 0.6) is 0 Å². The predicted octanol–water partition coefficient (Wildman–Crippen LogP) is 3.91. The van der Waals surface area contributed by atoms with Crippen molar-refractivity contribution in [3.05, 3.63) is 28.6 Å². The molecule has 4 rings (SSSR count). The number of amides is 1. The van der Waals surface area contributed by atoms with Crippen molar-refractivity contribution >= 4 is 29.2 Å². The molecule has 1 spiro atoms. The lowest BCUT2D eigenvalue weighted by atomic mass is 9.50. The van der Waals surface area contributed by atoms with E-state index in [0.717, 1.165) is 31.4 Å². The second-order valence-corrected chi connectivity index (χ2v) is 7.29. The van der Waals surface area contributed by atoms with Crippen molar-refractivity contribution in [3.63, 3.8) is 0 Å². The molecule has 1 aromatic heterocycles. The summed E-state index contributed by atoms with van der Waals surface area (Å²) >= 11 is 5.00. The molecular weight excluding hydrogens is 324 g/mol. The van der Waals surface area contributed by atoms with Gasteiger partial charge >= 0.3 is 0 Å². The predicted molar refractivity (Wildman–Crippen MR) is 93.6 cm³/mol.